The second-order valence-corrected chi connectivity index (χ2v) is 8.38. The number of hydrogen-bond acceptors (Lipinski definition) is 2. The van der Waals surface area contributed by atoms with E-state index in [9.17, 15) is 0 Å². The average Bonchev–Trinajstić information content (AvgIpc) is 2.96. The Bertz CT molecular complexity index is 368. The van der Waals surface area contributed by atoms with Crippen LogP contribution in [0.15, 0.2) is 0 Å². The Morgan fingerprint density at radius 1 is 0.947 bits per heavy atom. The molecule has 0 aromatic rings. The quantitative estimate of drug-likeness (QED) is 0.759. The van der Waals surface area contributed by atoms with Crippen LogP contribution in [0.1, 0.15) is 65.2 Å². The van der Waals surface area contributed by atoms with E-state index in [4.69, 9.17) is 0 Å². The molecule has 2 heterocycles. The van der Waals surface area contributed by atoms with E-state index in [0.717, 1.165) is 23.8 Å². The summed E-state index contributed by atoms with van der Waals surface area (Å²) in [5.41, 5.74) is 0.954. The summed E-state index contributed by atoms with van der Waals surface area (Å²) >= 11 is 0. The topological polar surface area (TPSA) is 24.1 Å². The van der Waals surface area contributed by atoms with Gasteiger partial charge in [-0.05, 0) is 83.1 Å². The molecule has 0 aromatic heterocycles. The van der Waals surface area contributed by atoms with Crippen molar-refractivity contribution in [2.24, 2.45) is 17.8 Å². The molecule has 0 aromatic carbocycles. The zero-order valence-electron chi connectivity index (χ0n) is 12.7. The first kappa shape index (κ1) is 12.6. The van der Waals surface area contributed by atoms with Gasteiger partial charge in [-0.1, -0.05) is 6.42 Å². The Morgan fingerprint density at radius 3 is 2.53 bits per heavy atom. The van der Waals surface area contributed by atoms with Gasteiger partial charge < -0.3 is 10.6 Å². The first-order valence-corrected chi connectivity index (χ1v) is 8.62. The molecule has 0 amide bonds. The molecule has 2 aliphatic heterocycles. The number of fused-ring (bicyclic) bond motifs is 2. The van der Waals surface area contributed by atoms with Crippen molar-refractivity contribution >= 4 is 0 Å². The number of hydrogen-bond donors (Lipinski definition) is 2. The molecule has 19 heavy (non-hydrogen) atoms. The van der Waals surface area contributed by atoms with E-state index < -0.39 is 0 Å². The number of rotatable bonds is 1. The van der Waals surface area contributed by atoms with Crippen molar-refractivity contribution in [2.45, 2.75) is 82.3 Å². The van der Waals surface area contributed by atoms with Crippen LogP contribution in [0.4, 0.5) is 0 Å². The fraction of sp³-hybridized carbons (Fsp3) is 1.00. The third kappa shape index (κ3) is 1.90. The summed E-state index contributed by atoms with van der Waals surface area (Å²) in [6.07, 6.45) is 11.6. The van der Waals surface area contributed by atoms with E-state index in [1.165, 1.54) is 57.9 Å². The highest BCUT2D eigenvalue weighted by Crippen LogP contribution is 2.51. The SMILES string of the molecule is CC12CC(C3CC4CCCC4(C)N3)CC1CCCN2. The van der Waals surface area contributed by atoms with E-state index in [1.54, 1.807) is 0 Å². The van der Waals surface area contributed by atoms with Crippen LogP contribution in [0, 0.1) is 17.8 Å². The number of nitrogens with one attached hydrogen (secondary N) is 2. The third-order valence-electron chi connectivity index (χ3n) is 7.21. The molecule has 108 valence electrons. The maximum Gasteiger partial charge on any atom is 0.0184 e. The van der Waals surface area contributed by atoms with Crippen molar-refractivity contribution in [1.82, 2.24) is 10.6 Å². The molecular weight excluding hydrogens is 232 g/mol. The van der Waals surface area contributed by atoms with Gasteiger partial charge >= 0.3 is 0 Å². The lowest BCUT2D eigenvalue weighted by molar-refractivity contribution is 0.211. The Balaban J connectivity index is 1.47. The molecule has 4 aliphatic rings. The van der Waals surface area contributed by atoms with Gasteiger partial charge in [0.25, 0.3) is 0 Å². The maximum atomic E-state index is 4.07. The van der Waals surface area contributed by atoms with Gasteiger partial charge in [0, 0.05) is 17.1 Å². The minimum atomic E-state index is 0.462. The molecule has 2 saturated carbocycles. The molecule has 2 N–H and O–H groups in total. The van der Waals surface area contributed by atoms with Gasteiger partial charge in [-0.15, -0.1) is 0 Å². The van der Waals surface area contributed by atoms with Gasteiger partial charge in [-0.25, -0.2) is 0 Å². The third-order valence-corrected chi connectivity index (χ3v) is 7.21. The van der Waals surface area contributed by atoms with Crippen LogP contribution in [0.25, 0.3) is 0 Å². The first-order valence-electron chi connectivity index (χ1n) is 8.62. The molecule has 2 heteroatoms. The van der Waals surface area contributed by atoms with Crippen LogP contribution in [0.5, 0.6) is 0 Å². The van der Waals surface area contributed by atoms with Crippen molar-refractivity contribution < 1.29 is 0 Å². The zero-order valence-corrected chi connectivity index (χ0v) is 12.7. The Kier molecular flexibility index (Phi) is 2.80. The molecule has 4 rings (SSSR count). The Hall–Kier alpha value is -0.0800. The van der Waals surface area contributed by atoms with Crippen LogP contribution >= 0.6 is 0 Å². The van der Waals surface area contributed by atoms with Gasteiger partial charge in [-0.2, -0.15) is 0 Å². The zero-order chi connectivity index (χ0) is 13.1. The van der Waals surface area contributed by atoms with E-state index in [-0.39, 0.29) is 0 Å². The van der Waals surface area contributed by atoms with Crippen LogP contribution < -0.4 is 10.6 Å². The Morgan fingerprint density at radius 2 is 1.74 bits per heavy atom. The molecular formula is C17H30N2. The second-order valence-electron chi connectivity index (χ2n) is 8.38. The van der Waals surface area contributed by atoms with Crippen molar-refractivity contribution in [3.63, 3.8) is 0 Å². The van der Waals surface area contributed by atoms with E-state index in [0.29, 0.717) is 11.1 Å². The maximum absolute atomic E-state index is 4.07. The molecule has 6 unspecified atom stereocenters. The lowest BCUT2D eigenvalue weighted by Crippen LogP contribution is -2.49. The van der Waals surface area contributed by atoms with Crippen molar-refractivity contribution in [1.29, 1.82) is 0 Å². The molecule has 0 radical (unpaired) electrons. The largest absolute Gasteiger partial charge is 0.311 e. The van der Waals surface area contributed by atoms with E-state index >= 15 is 0 Å². The minimum absolute atomic E-state index is 0.462. The summed E-state index contributed by atoms with van der Waals surface area (Å²) in [6.45, 7) is 6.24. The van der Waals surface area contributed by atoms with Crippen LogP contribution in [0.3, 0.4) is 0 Å². The van der Waals surface area contributed by atoms with Crippen LogP contribution in [-0.4, -0.2) is 23.7 Å². The van der Waals surface area contributed by atoms with Crippen molar-refractivity contribution in [3.8, 4) is 0 Å². The molecule has 2 saturated heterocycles. The highest BCUT2D eigenvalue weighted by molar-refractivity contribution is 5.10. The van der Waals surface area contributed by atoms with Crippen molar-refractivity contribution in [3.05, 3.63) is 0 Å². The molecule has 4 fully saturated rings. The molecule has 2 nitrogen and oxygen atoms in total. The first-order chi connectivity index (χ1) is 9.09. The normalized spacial score (nSPS) is 57.2. The summed E-state index contributed by atoms with van der Waals surface area (Å²) < 4.78 is 0. The fourth-order valence-corrected chi connectivity index (χ4v) is 6.01. The predicted molar refractivity (Wildman–Crippen MR) is 79.1 cm³/mol. The molecule has 6 atom stereocenters. The smallest absolute Gasteiger partial charge is 0.0184 e. The van der Waals surface area contributed by atoms with Gasteiger partial charge in [-0.3, -0.25) is 0 Å². The van der Waals surface area contributed by atoms with Crippen LogP contribution in [-0.2, 0) is 0 Å². The van der Waals surface area contributed by atoms with E-state index in [1.807, 2.05) is 0 Å². The summed E-state index contributed by atoms with van der Waals surface area (Å²) in [5.74, 6) is 2.85. The summed E-state index contributed by atoms with van der Waals surface area (Å²) in [7, 11) is 0. The molecule has 0 spiro atoms. The molecule has 2 aliphatic carbocycles. The van der Waals surface area contributed by atoms with Gasteiger partial charge in [0.2, 0.25) is 0 Å². The van der Waals surface area contributed by atoms with Gasteiger partial charge in [0.15, 0.2) is 0 Å². The highest BCUT2D eigenvalue weighted by Gasteiger charge is 2.52. The fourth-order valence-electron chi connectivity index (χ4n) is 6.01. The lowest BCUT2D eigenvalue weighted by atomic mass is 9.82. The summed E-state index contributed by atoms with van der Waals surface area (Å²) in [4.78, 5) is 0. The molecule has 0 bridgehead atoms. The van der Waals surface area contributed by atoms with Gasteiger partial charge in [0.1, 0.15) is 0 Å². The standard InChI is InChI=1S/C17H30N2/c1-16-7-3-5-14(16)10-15(19-16)12-9-13-6-4-8-18-17(13,2)11-12/h12-15,18-19H,3-11H2,1-2H3. The number of piperidine rings is 1. The Labute approximate surface area is 118 Å². The van der Waals surface area contributed by atoms with Crippen molar-refractivity contribution in [2.75, 3.05) is 6.54 Å². The van der Waals surface area contributed by atoms with E-state index in [2.05, 4.69) is 24.5 Å². The minimum Gasteiger partial charge on any atom is -0.311 e. The van der Waals surface area contributed by atoms with Crippen LogP contribution in [0.2, 0.25) is 0 Å². The average molecular weight is 262 g/mol. The lowest BCUT2D eigenvalue weighted by Gasteiger charge is -2.37. The summed E-state index contributed by atoms with van der Waals surface area (Å²) in [5, 5.41) is 7.91. The predicted octanol–water partition coefficient (Wildman–Crippen LogP) is 3.08. The van der Waals surface area contributed by atoms with Gasteiger partial charge in [0.05, 0.1) is 0 Å². The highest BCUT2D eigenvalue weighted by atomic mass is 15.1. The second kappa shape index (κ2) is 4.21. The summed E-state index contributed by atoms with van der Waals surface area (Å²) in [6, 6.07) is 0.819. The monoisotopic (exact) mass is 262 g/mol.